The number of amides is 1. The molecule has 2 atom stereocenters. The minimum Gasteiger partial charge on any atom is -0.493 e. The summed E-state index contributed by atoms with van der Waals surface area (Å²) in [6, 6.07) is 10.9. The second-order valence-electron chi connectivity index (χ2n) is 10.1. The maximum absolute atomic E-state index is 14.7. The Kier molecular flexibility index (Phi) is 6.59. The number of likely N-dealkylation sites (tertiary alicyclic amines) is 1. The number of benzene rings is 2. The van der Waals surface area contributed by atoms with E-state index in [-0.39, 0.29) is 23.6 Å². The summed E-state index contributed by atoms with van der Waals surface area (Å²) >= 11 is 0. The van der Waals surface area contributed by atoms with Crippen molar-refractivity contribution in [2.75, 3.05) is 26.0 Å². The van der Waals surface area contributed by atoms with Crippen molar-refractivity contribution in [2.45, 2.75) is 50.2 Å². The first kappa shape index (κ1) is 24.2. The summed E-state index contributed by atoms with van der Waals surface area (Å²) in [5.74, 6) is -0.830. The van der Waals surface area contributed by atoms with E-state index in [1.165, 1.54) is 23.3 Å². The van der Waals surface area contributed by atoms with Crippen LogP contribution in [0.3, 0.4) is 0 Å². The number of hydrogen-bond donors (Lipinski definition) is 2. The highest BCUT2D eigenvalue weighted by molar-refractivity contribution is 7.89. The Morgan fingerprint density at radius 3 is 2.54 bits per heavy atom. The Bertz CT molecular complexity index is 1220. The van der Waals surface area contributed by atoms with Gasteiger partial charge in [0.1, 0.15) is 11.6 Å². The molecule has 1 saturated carbocycles. The third-order valence-electron chi connectivity index (χ3n) is 7.32. The number of piperidine rings is 1. The molecule has 0 radical (unpaired) electrons. The number of nitrogens with one attached hydrogen (secondary N) is 1. The predicted octanol–water partition coefficient (Wildman–Crippen LogP) is 3.14. The van der Waals surface area contributed by atoms with Gasteiger partial charge >= 0.3 is 0 Å². The summed E-state index contributed by atoms with van der Waals surface area (Å²) in [5.41, 5.74) is 2.92. The fraction of sp³-hybridized carbons (Fsp3) is 0.500. The third kappa shape index (κ3) is 5.37. The summed E-state index contributed by atoms with van der Waals surface area (Å²) in [4.78, 5) is 14.6. The van der Waals surface area contributed by atoms with Crippen LogP contribution >= 0.6 is 0 Å². The molecule has 1 heterocycles. The van der Waals surface area contributed by atoms with E-state index in [9.17, 15) is 22.7 Å². The molecule has 1 aliphatic heterocycles. The van der Waals surface area contributed by atoms with Crippen molar-refractivity contribution in [2.24, 2.45) is 5.92 Å². The monoisotopic (exact) mass is 502 g/mol. The van der Waals surface area contributed by atoms with Crippen LogP contribution < -0.4 is 9.46 Å². The smallest absolute Gasteiger partial charge is 0.267 e. The van der Waals surface area contributed by atoms with Gasteiger partial charge in [-0.2, -0.15) is 0 Å². The fourth-order valence-electron chi connectivity index (χ4n) is 5.41. The summed E-state index contributed by atoms with van der Waals surface area (Å²) in [6.07, 6.45) is 4.86. The van der Waals surface area contributed by atoms with Crippen LogP contribution in [0.15, 0.2) is 36.4 Å². The average Bonchev–Trinajstić information content (AvgIpc) is 3.58. The highest BCUT2D eigenvalue weighted by Gasteiger charge is 2.37. The second-order valence-corrected chi connectivity index (χ2v) is 11.8. The van der Waals surface area contributed by atoms with E-state index >= 15 is 0 Å². The highest BCUT2D eigenvalue weighted by atomic mass is 32.2. The van der Waals surface area contributed by atoms with E-state index in [0.29, 0.717) is 24.7 Å². The maximum atomic E-state index is 14.7. The van der Waals surface area contributed by atoms with Crippen LogP contribution in [-0.2, 0) is 16.4 Å². The molecule has 3 aliphatic rings. The number of aliphatic hydroxyl groups is 1. The van der Waals surface area contributed by atoms with Gasteiger partial charge in [0.15, 0.2) is 0 Å². The van der Waals surface area contributed by atoms with Crippen molar-refractivity contribution >= 4 is 15.9 Å². The molecule has 9 heteroatoms. The van der Waals surface area contributed by atoms with Gasteiger partial charge in [-0.3, -0.25) is 9.69 Å². The number of fused-ring (bicyclic) bond motifs is 1. The van der Waals surface area contributed by atoms with Crippen LogP contribution in [0.1, 0.15) is 64.7 Å². The van der Waals surface area contributed by atoms with Crippen LogP contribution in [0.25, 0.3) is 0 Å². The number of rotatable bonds is 7. The Morgan fingerprint density at radius 1 is 1.14 bits per heavy atom. The second kappa shape index (κ2) is 9.52. The molecule has 2 aromatic carbocycles. The summed E-state index contributed by atoms with van der Waals surface area (Å²) in [7, 11) is -3.79. The lowest BCUT2D eigenvalue weighted by atomic mass is 9.94. The van der Waals surface area contributed by atoms with Crippen LogP contribution in [0.2, 0.25) is 0 Å². The lowest BCUT2D eigenvalue weighted by Crippen LogP contribution is -2.41. The molecule has 2 aromatic rings. The molecule has 7 nitrogen and oxygen atoms in total. The summed E-state index contributed by atoms with van der Waals surface area (Å²) in [5, 5.41) is 10.7. The summed E-state index contributed by atoms with van der Waals surface area (Å²) in [6.45, 7) is 2.17. The lowest BCUT2D eigenvalue weighted by molar-refractivity contribution is 0.0332. The van der Waals surface area contributed by atoms with Gasteiger partial charge in [0.2, 0.25) is 10.0 Å². The molecule has 2 fully saturated rings. The van der Waals surface area contributed by atoms with E-state index in [0.717, 1.165) is 50.6 Å². The SMILES string of the molecule is CS(=O)(=O)NC(=O)c1cc(C2CC2)c(OCC2CCN([C@@H]3c4ccccc4C[C@H]3O)CC2)cc1F. The van der Waals surface area contributed by atoms with Crippen molar-refractivity contribution in [3.63, 3.8) is 0 Å². The molecule has 2 aliphatic carbocycles. The Balaban J connectivity index is 1.22. The highest BCUT2D eigenvalue weighted by Crippen LogP contribution is 2.45. The third-order valence-corrected chi connectivity index (χ3v) is 7.88. The standard InChI is InChI=1S/C26H31FN2O5S/c1-35(32,33)28-26(31)21-13-20(17-6-7-17)24(14-22(21)27)34-15-16-8-10-29(11-9-16)25-19-5-3-2-4-18(19)12-23(25)30/h2-5,13-14,16-17,23,25,30H,6-12,15H2,1H3,(H,28,31)/t23-,25-/m1/s1. The Morgan fingerprint density at radius 2 is 1.86 bits per heavy atom. The average molecular weight is 503 g/mol. The largest absolute Gasteiger partial charge is 0.493 e. The molecular weight excluding hydrogens is 471 g/mol. The van der Waals surface area contributed by atoms with Gasteiger partial charge in [0.25, 0.3) is 5.91 Å². The molecule has 2 N–H and O–H groups in total. The van der Waals surface area contributed by atoms with E-state index in [2.05, 4.69) is 17.0 Å². The number of halogens is 1. The predicted molar refractivity (Wildman–Crippen MR) is 129 cm³/mol. The van der Waals surface area contributed by atoms with Crippen molar-refractivity contribution in [1.29, 1.82) is 0 Å². The zero-order valence-corrected chi connectivity index (χ0v) is 20.6. The minimum absolute atomic E-state index is 0.0364. The zero-order valence-electron chi connectivity index (χ0n) is 19.7. The van der Waals surface area contributed by atoms with Gasteiger partial charge in [-0.15, -0.1) is 0 Å². The Labute approximate surface area is 205 Å². The maximum Gasteiger partial charge on any atom is 0.267 e. The fourth-order valence-corrected chi connectivity index (χ4v) is 5.85. The van der Waals surface area contributed by atoms with Gasteiger partial charge in [0.05, 0.1) is 30.6 Å². The first-order chi connectivity index (χ1) is 16.7. The first-order valence-corrected chi connectivity index (χ1v) is 14.1. The van der Waals surface area contributed by atoms with Crippen LogP contribution in [0, 0.1) is 11.7 Å². The summed E-state index contributed by atoms with van der Waals surface area (Å²) < 4.78 is 45.4. The van der Waals surface area contributed by atoms with Gasteiger partial charge in [0, 0.05) is 12.5 Å². The number of hydrogen-bond acceptors (Lipinski definition) is 6. The molecule has 0 unspecified atom stereocenters. The van der Waals surface area contributed by atoms with Crippen LogP contribution in [0.4, 0.5) is 4.39 Å². The Hall–Kier alpha value is -2.49. The molecule has 0 bridgehead atoms. The molecular formula is C26H31FN2O5S. The molecule has 0 spiro atoms. The zero-order chi connectivity index (χ0) is 24.7. The van der Waals surface area contributed by atoms with Crippen LogP contribution in [-0.4, -0.2) is 56.4 Å². The quantitative estimate of drug-likeness (QED) is 0.604. The van der Waals surface area contributed by atoms with Crippen molar-refractivity contribution in [3.05, 3.63) is 64.5 Å². The molecule has 5 rings (SSSR count). The van der Waals surface area contributed by atoms with E-state index in [1.54, 1.807) is 0 Å². The molecule has 188 valence electrons. The molecule has 1 saturated heterocycles. The normalized spacial score (nSPS) is 23.2. The molecule has 0 aromatic heterocycles. The van der Waals surface area contributed by atoms with Crippen molar-refractivity contribution < 1.29 is 27.4 Å². The minimum atomic E-state index is -3.79. The first-order valence-electron chi connectivity index (χ1n) is 12.2. The van der Waals surface area contributed by atoms with Gasteiger partial charge < -0.3 is 9.84 Å². The van der Waals surface area contributed by atoms with E-state index in [4.69, 9.17) is 4.74 Å². The van der Waals surface area contributed by atoms with Gasteiger partial charge in [-0.25, -0.2) is 17.5 Å². The van der Waals surface area contributed by atoms with Crippen molar-refractivity contribution in [3.8, 4) is 5.75 Å². The number of aliphatic hydroxyl groups excluding tert-OH is 1. The van der Waals surface area contributed by atoms with Crippen LogP contribution in [0.5, 0.6) is 5.75 Å². The molecule has 1 amide bonds. The van der Waals surface area contributed by atoms with Crippen molar-refractivity contribution in [1.82, 2.24) is 9.62 Å². The van der Waals surface area contributed by atoms with E-state index < -0.39 is 21.7 Å². The number of nitrogens with zero attached hydrogens (tertiary/aromatic N) is 1. The number of ether oxygens (including phenoxy) is 1. The number of carbonyl (C=O) groups excluding carboxylic acids is 1. The number of sulfonamides is 1. The number of carbonyl (C=O) groups is 1. The topological polar surface area (TPSA) is 95.9 Å². The molecule has 35 heavy (non-hydrogen) atoms. The van der Waals surface area contributed by atoms with Gasteiger partial charge in [-0.1, -0.05) is 24.3 Å². The van der Waals surface area contributed by atoms with E-state index in [1.807, 2.05) is 16.9 Å². The van der Waals surface area contributed by atoms with Gasteiger partial charge in [-0.05, 0) is 73.4 Å². The lowest BCUT2D eigenvalue weighted by Gasteiger charge is -2.37.